The number of esters is 1. The molecule has 0 bridgehead atoms. The van der Waals surface area contributed by atoms with Crippen LogP contribution >= 0.6 is 0 Å². The molecule has 56 valence electrons. The zero-order chi connectivity index (χ0) is 6.97. The molecular weight excluding hydrogens is 134 g/mol. The van der Waals surface area contributed by atoms with Crippen molar-refractivity contribution in [1.29, 1.82) is 0 Å². The monoisotopic (exact) mass is 143 g/mol. The van der Waals surface area contributed by atoms with Gasteiger partial charge >= 0.3 is 5.97 Å². The molecule has 2 aliphatic rings. The van der Waals surface area contributed by atoms with E-state index >= 15 is 0 Å². The topological polar surface area (TPSA) is 38.8 Å². The first kappa shape index (κ1) is 6.12. The highest BCUT2D eigenvalue weighted by Crippen LogP contribution is 2.13. The Morgan fingerprint density at radius 1 is 1.60 bits per heavy atom. The molecule has 2 heterocycles. The van der Waals surface area contributed by atoms with E-state index in [1.54, 1.807) is 0 Å². The van der Waals surface area contributed by atoms with Crippen molar-refractivity contribution in [3.8, 4) is 0 Å². The fraction of sp³-hybridized carbons (Fsp3) is 0.833. The molecule has 4 heteroatoms. The minimum absolute atomic E-state index is 0.117. The second-order valence-corrected chi connectivity index (χ2v) is 2.50. The van der Waals surface area contributed by atoms with E-state index in [4.69, 9.17) is 9.47 Å². The largest absolute Gasteiger partial charge is 0.463 e. The Kier molecular flexibility index (Phi) is 1.35. The maximum atomic E-state index is 10.9. The Hall–Kier alpha value is -0.610. The number of hydrogen-bond donors (Lipinski definition) is 0. The molecule has 1 atom stereocenters. The summed E-state index contributed by atoms with van der Waals surface area (Å²) < 4.78 is 9.92. The normalized spacial score (nSPS) is 33.6. The molecule has 0 amide bonds. The number of carbonyl (C=O) groups excluding carboxylic acids is 1. The van der Waals surface area contributed by atoms with E-state index in [-0.39, 0.29) is 12.0 Å². The summed E-state index contributed by atoms with van der Waals surface area (Å²) in [7, 11) is 0. The van der Waals surface area contributed by atoms with Crippen LogP contribution in [0.2, 0.25) is 0 Å². The first-order valence-corrected chi connectivity index (χ1v) is 3.36. The summed E-state index contributed by atoms with van der Waals surface area (Å²) in [6.07, 6.45) is 0. The van der Waals surface area contributed by atoms with Crippen LogP contribution in [-0.4, -0.2) is 43.4 Å². The minimum Gasteiger partial charge on any atom is -0.463 e. The van der Waals surface area contributed by atoms with Gasteiger partial charge in [-0.15, -0.1) is 0 Å². The van der Waals surface area contributed by atoms with Gasteiger partial charge in [0, 0.05) is 6.54 Å². The molecule has 4 nitrogen and oxygen atoms in total. The molecule has 0 spiro atoms. The van der Waals surface area contributed by atoms with E-state index in [1.165, 1.54) is 0 Å². The fourth-order valence-corrected chi connectivity index (χ4v) is 1.27. The second kappa shape index (κ2) is 2.21. The van der Waals surface area contributed by atoms with E-state index < -0.39 is 0 Å². The fourth-order valence-electron chi connectivity index (χ4n) is 1.27. The summed E-state index contributed by atoms with van der Waals surface area (Å²) in [6, 6.07) is -0.117. The van der Waals surface area contributed by atoms with Crippen LogP contribution in [0.4, 0.5) is 0 Å². The molecule has 0 aromatic rings. The van der Waals surface area contributed by atoms with Crippen molar-refractivity contribution in [3.63, 3.8) is 0 Å². The molecule has 10 heavy (non-hydrogen) atoms. The van der Waals surface area contributed by atoms with Gasteiger partial charge in [0.1, 0.15) is 12.6 Å². The van der Waals surface area contributed by atoms with Crippen LogP contribution in [0.3, 0.4) is 0 Å². The first-order valence-electron chi connectivity index (χ1n) is 3.36. The highest BCUT2D eigenvalue weighted by Gasteiger charge is 2.35. The van der Waals surface area contributed by atoms with Crippen molar-refractivity contribution in [2.75, 3.05) is 26.5 Å². The van der Waals surface area contributed by atoms with Gasteiger partial charge in [-0.3, -0.25) is 9.69 Å². The summed E-state index contributed by atoms with van der Waals surface area (Å²) in [5, 5.41) is 0. The van der Waals surface area contributed by atoms with Gasteiger partial charge in [0.25, 0.3) is 0 Å². The van der Waals surface area contributed by atoms with E-state index in [1.807, 2.05) is 4.90 Å². The van der Waals surface area contributed by atoms with Gasteiger partial charge in [-0.25, -0.2) is 0 Å². The minimum atomic E-state index is -0.135. The van der Waals surface area contributed by atoms with E-state index in [0.29, 0.717) is 19.9 Å². The van der Waals surface area contributed by atoms with E-state index in [2.05, 4.69) is 0 Å². The summed E-state index contributed by atoms with van der Waals surface area (Å²) >= 11 is 0. The summed E-state index contributed by atoms with van der Waals surface area (Å²) in [5.74, 6) is -0.135. The average Bonchev–Trinajstić information content (AvgIpc) is 2.36. The lowest BCUT2D eigenvalue weighted by molar-refractivity contribution is -0.154. The van der Waals surface area contributed by atoms with Crippen molar-refractivity contribution >= 4 is 5.97 Å². The summed E-state index contributed by atoms with van der Waals surface area (Å²) in [4.78, 5) is 12.9. The van der Waals surface area contributed by atoms with Crippen LogP contribution in [-0.2, 0) is 14.3 Å². The van der Waals surface area contributed by atoms with Crippen LogP contribution in [0.1, 0.15) is 0 Å². The number of morpholine rings is 1. The van der Waals surface area contributed by atoms with Crippen LogP contribution < -0.4 is 0 Å². The zero-order valence-corrected chi connectivity index (χ0v) is 5.58. The molecule has 2 rings (SSSR count). The van der Waals surface area contributed by atoms with Crippen molar-refractivity contribution in [2.45, 2.75) is 6.04 Å². The molecule has 0 aliphatic carbocycles. The Morgan fingerprint density at radius 2 is 2.50 bits per heavy atom. The highest BCUT2D eigenvalue weighted by molar-refractivity contribution is 5.76. The van der Waals surface area contributed by atoms with Crippen LogP contribution in [0.15, 0.2) is 0 Å². The van der Waals surface area contributed by atoms with Crippen LogP contribution in [0.25, 0.3) is 0 Å². The molecule has 2 saturated heterocycles. The second-order valence-electron chi connectivity index (χ2n) is 2.50. The highest BCUT2D eigenvalue weighted by atomic mass is 16.6. The summed E-state index contributed by atoms with van der Waals surface area (Å²) in [6.45, 7) is 2.41. The number of cyclic esters (lactones) is 1. The Bertz CT molecular complexity index is 159. The Labute approximate surface area is 58.7 Å². The third kappa shape index (κ3) is 0.803. The number of nitrogens with zero attached hydrogens (tertiary/aromatic N) is 1. The van der Waals surface area contributed by atoms with Crippen molar-refractivity contribution in [1.82, 2.24) is 4.90 Å². The number of carbonyl (C=O) groups is 1. The van der Waals surface area contributed by atoms with Gasteiger partial charge in [-0.1, -0.05) is 0 Å². The van der Waals surface area contributed by atoms with Crippen molar-refractivity contribution in [3.05, 3.63) is 0 Å². The average molecular weight is 143 g/mol. The first-order chi connectivity index (χ1) is 4.88. The predicted molar refractivity (Wildman–Crippen MR) is 32.3 cm³/mol. The lowest BCUT2D eigenvalue weighted by Crippen LogP contribution is -2.45. The lowest BCUT2D eigenvalue weighted by atomic mass is 10.3. The quantitative estimate of drug-likeness (QED) is 0.416. The standard InChI is InChI=1S/C6H9NO3/c8-6-5-3-9-4-7(5)1-2-10-6/h5H,1-4H2. The maximum Gasteiger partial charge on any atom is 0.325 e. The third-order valence-electron chi connectivity index (χ3n) is 1.87. The Balaban J connectivity index is 2.10. The van der Waals surface area contributed by atoms with Crippen LogP contribution in [0, 0.1) is 0 Å². The van der Waals surface area contributed by atoms with Crippen molar-refractivity contribution < 1.29 is 14.3 Å². The summed E-state index contributed by atoms with van der Waals surface area (Å²) in [5.41, 5.74) is 0. The smallest absolute Gasteiger partial charge is 0.325 e. The number of hydrogen-bond acceptors (Lipinski definition) is 4. The Morgan fingerprint density at radius 3 is 3.30 bits per heavy atom. The molecular formula is C6H9NO3. The van der Waals surface area contributed by atoms with E-state index in [0.717, 1.165) is 6.54 Å². The molecule has 2 aliphatic heterocycles. The predicted octanol–water partition coefficient (Wildman–Crippen LogP) is -0.799. The van der Waals surface area contributed by atoms with Gasteiger partial charge in [0.15, 0.2) is 0 Å². The van der Waals surface area contributed by atoms with Gasteiger partial charge in [-0.2, -0.15) is 0 Å². The third-order valence-corrected chi connectivity index (χ3v) is 1.87. The van der Waals surface area contributed by atoms with Gasteiger partial charge in [0.05, 0.1) is 13.3 Å². The van der Waals surface area contributed by atoms with Crippen LogP contribution in [0.5, 0.6) is 0 Å². The molecule has 0 saturated carbocycles. The molecule has 0 aromatic carbocycles. The lowest BCUT2D eigenvalue weighted by Gasteiger charge is -2.25. The van der Waals surface area contributed by atoms with E-state index in [9.17, 15) is 4.79 Å². The van der Waals surface area contributed by atoms with Gasteiger partial charge in [0.2, 0.25) is 0 Å². The van der Waals surface area contributed by atoms with Crippen molar-refractivity contribution in [2.24, 2.45) is 0 Å². The number of rotatable bonds is 0. The maximum absolute atomic E-state index is 10.9. The molecule has 2 fully saturated rings. The SMILES string of the molecule is O=C1OCCN2COCC12. The zero-order valence-electron chi connectivity index (χ0n) is 5.58. The molecule has 1 unspecified atom stereocenters. The number of fused-ring (bicyclic) bond motifs is 1. The van der Waals surface area contributed by atoms with Gasteiger partial charge in [-0.05, 0) is 0 Å². The molecule has 0 N–H and O–H groups in total. The van der Waals surface area contributed by atoms with Gasteiger partial charge < -0.3 is 9.47 Å². The molecule has 0 aromatic heterocycles. The number of ether oxygens (including phenoxy) is 2. The molecule has 0 radical (unpaired) electrons.